The molecule has 26 heavy (non-hydrogen) atoms. The van der Waals surface area contributed by atoms with Crippen LogP contribution in [0.5, 0.6) is 0 Å². The van der Waals surface area contributed by atoms with Gasteiger partial charge in [-0.15, -0.1) is 0 Å². The van der Waals surface area contributed by atoms with E-state index in [0.29, 0.717) is 17.6 Å². The fourth-order valence-electron chi connectivity index (χ4n) is 2.57. The molecule has 8 nitrogen and oxygen atoms in total. The van der Waals surface area contributed by atoms with Crippen molar-refractivity contribution in [2.24, 2.45) is 0 Å². The number of anilines is 1. The third-order valence-corrected chi connectivity index (χ3v) is 3.90. The zero-order valence-electron chi connectivity index (χ0n) is 14.6. The first-order valence-electron chi connectivity index (χ1n) is 8.46. The maximum absolute atomic E-state index is 12.5. The Labute approximate surface area is 149 Å². The first-order chi connectivity index (χ1) is 12.6. The Bertz CT molecular complexity index is 915. The van der Waals surface area contributed by atoms with Gasteiger partial charge in [0, 0.05) is 11.5 Å². The highest BCUT2D eigenvalue weighted by molar-refractivity contribution is 6.03. The number of aryl methyl sites for hydroxylation is 1. The summed E-state index contributed by atoms with van der Waals surface area (Å²) < 4.78 is 10.4. The van der Waals surface area contributed by atoms with Crippen LogP contribution in [0, 0.1) is 6.92 Å². The lowest BCUT2D eigenvalue weighted by molar-refractivity contribution is -0.125. The summed E-state index contributed by atoms with van der Waals surface area (Å²) in [5, 5.41) is 13.8. The summed E-state index contributed by atoms with van der Waals surface area (Å²) in [6.45, 7) is 3.72. The number of unbranched alkanes of at least 4 members (excludes halogenated alkanes) is 1. The minimum atomic E-state index is -0.935. The second kappa shape index (κ2) is 7.81. The van der Waals surface area contributed by atoms with E-state index in [4.69, 9.17) is 9.26 Å². The molecule has 0 fully saturated rings. The molecule has 8 heteroatoms. The number of ether oxygens (including phenoxy) is 1. The lowest BCUT2D eigenvalue weighted by Gasteiger charge is -2.16. The van der Waals surface area contributed by atoms with Gasteiger partial charge in [0.15, 0.2) is 17.6 Å². The summed E-state index contributed by atoms with van der Waals surface area (Å²) in [4.78, 5) is 25.0. The Kier molecular flexibility index (Phi) is 5.31. The van der Waals surface area contributed by atoms with Crippen molar-refractivity contribution < 1.29 is 18.8 Å². The number of hydrogen-bond donors (Lipinski definition) is 2. The predicted octanol–water partition coefficient (Wildman–Crippen LogP) is 3.21. The highest BCUT2D eigenvalue weighted by Gasteiger charge is 2.26. The lowest BCUT2D eigenvalue weighted by Crippen LogP contribution is -2.33. The average molecular weight is 356 g/mol. The number of aromatic amines is 1. The van der Waals surface area contributed by atoms with Crippen LogP contribution < -0.4 is 5.32 Å². The van der Waals surface area contributed by atoms with Gasteiger partial charge in [-0.05, 0) is 25.8 Å². The summed E-state index contributed by atoms with van der Waals surface area (Å²) >= 11 is 0. The fourth-order valence-corrected chi connectivity index (χ4v) is 2.57. The van der Waals surface area contributed by atoms with E-state index >= 15 is 0 Å². The number of esters is 1. The molecule has 2 aromatic heterocycles. The molecule has 3 aromatic rings. The molecule has 2 N–H and O–H groups in total. The van der Waals surface area contributed by atoms with Crippen molar-refractivity contribution in [3.63, 3.8) is 0 Å². The summed E-state index contributed by atoms with van der Waals surface area (Å²) in [7, 11) is 0. The number of para-hydroxylation sites is 1. The summed E-state index contributed by atoms with van der Waals surface area (Å²) in [6, 6.07) is 8.83. The molecule has 0 aliphatic rings. The zero-order chi connectivity index (χ0) is 18.5. The van der Waals surface area contributed by atoms with Crippen LogP contribution in [-0.2, 0) is 9.53 Å². The highest BCUT2D eigenvalue weighted by Crippen LogP contribution is 2.18. The smallest absolute Gasteiger partial charge is 0.360 e. The minimum Gasteiger partial charge on any atom is -0.447 e. The molecule has 1 atom stereocenters. The number of hydrogen-bond acceptors (Lipinski definition) is 6. The van der Waals surface area contributed by atoms with E-state index < -0.39 is 18.0 Å². The second-order valence-electron chi connectivity index (χ2n) is 5.97. The maximum atomic E-state index is 12.5. The Morgan fingerprint density at radius 2 is 2.15 bits per heavy atom. The van der Waals surface area contributed by atoms with Gasteiger partial charge in [-0.25, -0.2) is 4.79 Å². The van der Waals surface area contributed by atoms with Gasteiger partial charge in [0.2, 0.25) is 0 Å². The third kappa shape index (κ3) is 3.90. The van der Waals surface area contributed by atoms with Gasteiger partial charge >= 0.3 is 5.97 Å². The van der Waals surface area contributed by atoms with Gasteiger partial charge in [0.05, 0.1) is 5.52 Å². The Morgan fingerprint density at radius 1 is 1.35 bits per heavy atom. The molecular formula is C18H20N4O4. The summed E-state index contributed by atoms with van der Waals surface area (Å²) in [6.07, 6.45) is 1.09. The normalized spacial score (nSPS) is 12.1. The van der Waals surface area contributed by atoms with Crippen molar-refractivity contribution in [3.8, 4) is 0 Å². The quantitative estimate of drug-likeness (QED) is 0.629. The highest BCUT2D eigenvalue weighted by atomic mass is 16.5. The van der Waals surface area contributed by atoms with E-state index in [0.717, 1.165) is 18.4 Å². The van der Waals surface area contributed by atoms with Crippen molar-refractivity contribution in [3.05, 3.63) is 41.8 Å². The topological polar surface area (TPSA) is 110 Å². The lowest BCUT2D eigenvalue weighted by atomic mass is 10.1. The molecule has 2 heterocycles. The van der Waals surface area contributed by atoms with Crippen molar-refractivity contribution in [1.29, 1.82) is 0 Å². The van der Waals surface area contributed by atoms with Crippen LogP contribution in [-0.4, -0.2) is 33.3 Å². The third-order valence-electron chi connectivity index (χ3n) is 3.90. The summed E-state index contributed by atoms with van der Waals surface area (Å²) in [5.74, 6) is -0.226. The van der Waals surface area contributed by atoms with E-state index in [9.17, 15) is 9.59 Å². The van der Waals surface area contributed by atoms with Crippen LogP contribution >= 0.6 is 0 Å². The molecule has 0 aliphatic carbocycles. The Morgan fingerprint density at radius 3 is 2.88 bits per heavy atom. The van der Waals surface area contributed by atoms with Crippen LogP contribution in [0.4, 0.5) is 5.82 Å². The molecule has 0 radical (unpaired) electrons. The molecule has 1 aromatic carbocycles. The number of rotatable bonds is 7. The van der Waals surface area contributed by atoms with E-state index in [-0.39, 0.29) is 11.5 Å². The van der Waals surface area contributed by atoms with Crippen molar-refractivity contribution in [2.45, 2.75) is 39.2 Å². The SMILES string of the molecule is CCCCC(OC(=O)c1n[nH]c2ccccc12)C(=O)Nc1cc(C)on1. The minimum absolute atomic E-state index is 0.159. The first-order valence-corrected chi connectivity index (χ1v) is 8.46. The molecule has 0 saturated carbocycles. The van der Waals surface area contributed by atoms with Gasteiger partial charge in [0.25, 0.3) is 5.91 Å². The van der Waals surface area contributed by atoms with E-state index in [2.05, 4.69) is 20.7 Å². The Balaban J connectivity index is 1.74. The standard InChI is InChI=1S/C18H20N4O4/c1-3-4-9-14(17(23)19-15-10-11(2)26-22-15)25-18(24)16-12-7-5-6-8-13(12)20-21-16/h5-8,10,14H,3-4,9H2,1-2H3,(H,20,21)(H,19,22,23). The van der Waals surface area contributed by atoms with Gasteiger partial charge in [-0.2, -0.15) is 5.10 Å². The predicted molar refractivity (Wildman–Crippen MR) is 94.7 cm³/mol. The van der Waals surface area contributed by atoms with Crippen LogP contribution in [0.3, 0.4) is 0 Å². The van der Waals surface area contributed by atoms with Gasteiger partial charge < -0.3 is 14.6 Å². The number of nitrogens with zero attached hydrogens (tertiary/aromatic N) is 2. The number of carbonyl (C=O) groups is 2. The molecular weight excluding hydrogens is 336 g/mol. The number of benzene rings is 1. The number of nitrogens with one attached hydrogen (secondary N) is 2. The number of H-pyrrole nitrogens is 1. The number of aromatic nitrogens is 3. The van der Waals surface area contributed by atoms with Gasteiger partial charge in [0.1, 0.15) is 5.76 Å². The van der Waals surface area contributed by atoms with Crippen LogP contribution in [0.25, 0.3) is 10.9 Å². The molecule has 0 bridgehead atoms. The Hall–Kier alpha value is -3.16. The second-order valence-corrected chi connectivity index (χ2v) is 5.97. The first kappa shape index (κ1) is 17.7. The molecule has 1 unspecified atom stereocenters. The number of amides is 1. The molecule has 3 rings (SSSR count). The molecule has 0 spiro atoms. The van der Waals surface area contributed by atoms with E-state index in [1.54, 1.807) is 19.1 Å². The van der Waals surface area contributed by atoms with Crippen molar-refractivity contribution in [1.82, 2.24) is 15.4 Å². The average Bonchev–Trinajstić information content (AvgIpc) is 3.24. The molecule has 136 valence electrons. The molecule has 1 amide bonds. The largest absolute Gasteiger partial charge is 0.447 e. The van der Waals surface area contributed by atoms with Crippen molar-refractivity contribution in [2.75, 3.05) is 5.32 Å². The van der Waals surface area contributed by atoms with Gasteiger partial charge in [-0.1, -0.05) is 36.7 Å². The van der Waals surface area contributed by atoms with Crippen LogP contribution in [0.1, 0.15) is 42.4 Å². The van der Waals surface area contributed by atoms with Crippen LogP contribution in [0.2, 0.25) is 0 Å². The zero-order valence-corrected chi connectivity index (χ0v) is 14.6. The number of carbonyl (C=O) groups excluding carboxylic acids is 2. The van der Waals surface area contributed by atoms with Gasteiger partial charge in [-0.3, -0.25) is 9.89 Å². The van der Waals surface area contributed by atoms with Crippen LogP contribution in [0.15, 0.2) is 34.9 Å². The molecule has 0 saturated heterocycles. The van der Waals surface area contributed by atoms with E-state index in [1.165, 1.54) is 0 Å². The van der Waals surface area contributed by atoms with E-state index in [1.807, 2.05) is 25.1 Å². The number of fused-ring (bicyclic) bond motifs is 1. The molecule has 0 aliphatic heterocycles. The fraction of sp³-hybridized carbons (Fsp3) is 0.333. The maximum Gasteiger partial charge on any atom is 0.360 e. The summed E-state index contributed by atoms with van der Waals surface area (Å²) in [5.41, 5.74) is 0.888. The van der Waals surface area contributed by atoms with Crippen molar-refractivity contribution >= 4 is 28.6 Å². The monoisotopic (exact) mass is 356 g/mol.